The quantitative estimate of drug-likeness (QED) is 0.367. The maximum atomic E-state index is 12.5. The number of carbonyl (C=O) groups excluding carboxylic acids is 3. The zero-order chi connectivity index (χ0) is 23.8. The lowest BCUT2D eigenvalue weighted by molar-refractivity contribution is -0.113. The van der Waals surface area contributed by atoms with Crippen molar-refractivity contribution in [2.45, 2.75) is 32.1 Å². The van der Waals surface area contributed by atoms with E-state index in [1.165, 1.54) is 18.9 Å². The summed E-state index contributed by atoms with van der Waals surface area (Å²) in [5, 5.41) is 14.5. The zero-order valence-electron chi connectivity index (χ0n) is 18.6. The van der Waals surface area contributed by atoms with Crippen LogP contribution in [0.4, 0.5) is 5.69 Å². The number of nitrogens with one attached hydrogen (secondary N) is 2. The molecule has 0 aliphatic heterocycles. The molecular weight excluding hydrogens is 442 g/mol. The van der Waals surface area contributed by atoms with Crippen molar-refractivity contribution in [2.24, 2.45) is 0 Å². The van der Waals surface area contributed by atoms with Crippen molar-refractivity contribution < 1.29 is 19.1 Å². The smallest absolute Gasteiger partial charge is 0.339 e. The number of aryl methyl sites for hydroxylation is 1. The number of carbonyl (C=O) groups is 3. The first-order valence-electron chi connectivity index (χ1n) is 10.3. The molecule has 1 aromatic heterocycles. The standard InChI is InChI=1S/C23H25N5O4S/c1-4-28-19(13-24-21(30)16-10-6-5-9-15(16)2)26-27-23(28)33-14-20(29)25-18-12-8-7-11-17(18)22(31)32-3/h5-12H,4,13-14H2,1-3H3,(H,24,30)(H,25,29). The summed E-state index contributed by atoms with van der Waals surface area (Å²) in [5.74, 6) is -0.337. The average Bonchev–Trinajstić information content (AvgIpc) is 3.23. The lowest BCUT2D eigenvalue weighted by Crippen LogP contribution is -2.25. The van der Waals surface area contributed by atoms with Crippen LogP contribution in [0, 0.1) is 6.92 Å². The molecule has 10 heteroatoms. The summed E-state index contributed by atoms with van der Waals surface area (Å²) in [4.78, 5) is 36.8. The predicted octanol–water partition coefficient (Wildman–Crippen LogP) is 3.05. The number of aromatic nitrogens is 3. The number of hydrogen-bond donors (Lipinski definition) is 2. The average molecular weight is 468 g/mol. The van der Waals surface area contributed by atoms with Gasteiger partial charge in [-0.3, -0.25) is 9.59 Å². The van der Waals surface area contributed by atoms with E-state index in [4.69, 9.17) is 4.74 Å². The molecule has 3 rings (SSSR count). The number of anilines is 1. The Labute approximate surface area is 195 Å². The Morgan fingerprint density at radius 3 is 2.42 bits per heavy atom. The van der Waals surface area contributed by atoms with E-state index in [0.717, 1.165) is 5.56 Å². The third-order valence-corrected chi connectivity index (χ3v) is 5.81. The molecule has 33 heavy (non-hydrogen) atoms. The van der Waals surface area contributed by atoms with Gasteiger partial charge in [-0.15, -0.1) is 10.2 Å². The highest BCUT2D eigenvalue weighted by molar-refractivity contribution is 7.99. The third-order valence-electron chi connectivity index (χ3n) is 4.85. The summed E-state index contributed by atoms with van der Waals surface area (Å²) < 4.78 is 6.59. The van der Waals surface area contributed by atoms with Crippen LogP contribution in [0.2, 0.25) is 0 Å². The van der Waals surface area contributed by atoms with Gasteiger partial charge in [0.05, 0.1) is 30.7 Å². The molecule has 0 bridgehead atoms. The molecule has 0 unspecified atom stereocenters. The van der Waals surface area contributed by atoms with E-state index < -0.39 is 5.97 Å². The van der Waals surface area contributed by atoms with Gasteiger partial charge in [0.2, 0.25) is 5.91 Å². The Hall–Kier alpha value is -3.66. The van der Waals surface area contributed by atoms with E-state index in [1.54, 1.807) is 30.3 Å². The first-order valence-corrected chi connectivity index (χ1v) is 11.3. The number of para-hydroxylation sites is 1. The SMILES string of the molecule is CCn1c(CNC(=O)c2ccccc2C)nnc1SCC(=O)Nc1ccccc1C(=O)OC. The number of nitrogens with zero attached hydrogens (tertiary/aromatic N) is 3. The minimum atomic E-state index is -0.526. The highest BCUT2D eigenvalue weighted by Crippen LogP contribution is 2.20. The van der Waals surface area contributed by atoms with Crippen LogP contribution < -0.4 is 10.6 Å². The number of esters is 1. The Kier molecular flexibility index (Phi) is 8.20. The predicted molar refractivity (Wildman–Crippen MR) is 125 cm³/mol. The highest BCUT2D eigenvalue weighted by atomic mass is 32.2. The van der Waals surface area contributed by atoms with E-state index in [-0.39, 0.29) is 29.7 Å². The van der Waals surface area contributed by atoms with Gasteiger partial charge in [-0.05, 0) is 37.6 Å². The molecule has 2 N–H and O–H groups in total. The molecule has 2 amide bonds. The van der Waals surface area contributed by atoms with Gasteiger partial charge < -0.3 is 19.9 Å². The first-order chi connectivity index (χ1) is 15.9. The molecule has 9 nitrogen and oxygen atoms in total. The molecule has 3 aromatic rings. The van der Waals surface area contributed by atoms with Crippen molar-refractivity contribution in [3.63, 3.8) is 0 Å². The number of methoxy groups -OCH3 is 1. The van der Waals surface area contributed by atoms with Gasteiger partial charge in [-0.2, -0.15) is 0 Å². The van der Waals surface area contributed by atoms with Crippen LogP contribution in [0.3, 0.4) is 0 Å². The van der Waals surface area contributed by atoms with Crippen molar-refractivity contribution in [3.8, 4) is 0 Å². The van der Waals surface area contributed by atoms with Crippen molar-refractivity contribution in [2.75, 3.05) is 18.2 Å². The van der Waals surface area contributed by atoms with Gasteiger partial charge in [0.25, 0.3) is 5.91 Å². The number of rotatable bonds is 9. The Bertz CT molecular complexity index is 1160. The van der Waals surface area contributed by atoms with Crippen LogP contribution >= 0.6 is 11.8 Å². The molecule has 0 radical (unpaired) electrons. The lowest BCUT2D eigenvalue weighted by atomic mass is 10.1. The van der Waals surface area contributed by atoms with Crippen LogP contribution in [0.1, 0.15) is 39.0 Å². The Balaban J connectivity index is 1.60. The minimum absolute atomic E-state index is 0.0726. The van der Waals surface area contributed by atoms with Crippen LogP contribution in [0.15, 0.2) is 53.7 Å². The molecule has 0 aliphatic carbocycles. The normalized spacial score (nSPS) is 10.5. The molecule has 0 saturated heterocycles. The fourth-order valence-corrected chi connectivity index (χ4v) is 3.97. The molecule has 2 aromatic carbocycles. The van der Waals surface area contributed by atoms with Crippen molar-refractivity contribution in [1.82, 2.24) is 20.1 Å². The molecular formula is C23H25N5O4S. The van der Waals surface area contributed by atoms with E-state index in [2.05, 4.69) is 20.8 Å². The third kappa shape index (κ3) is 5.98. The summed E-state index contributed by atoms with van der Waals surface area (Å²) in [7, 11) is 1.29. The van der Waals surface area contributed by atoms with Gasteiger partial charge in [-0.25, -0.2) is 4.79 Å². The number of ether oxygens (including phenoxy) is 1. The number of hydrogen-bond acceptors (Lipinski definition) is 7. The molecule has 172 valence electrons. The molecule has 0 spiro atoms. The maximum absolute atomic E-state index is 12.5. The van der Waals surface area contributed by atoms with Crippen molar-refractivity contribution in [3.05, 3.63) is 71.0 Å². The van der Waals surface area contributed by atoms with Crippen LogP contribution in [0.25, 0.3) is 0 Å². The summed E-state index contributed by atoms with van der Waals surface area (Å²) in [6.45, 7) is 4.62. The number of thioether (sulfide) groups is 1. The van der Waals surface area contributed by atoms with Gasteiger partial charge in [0, 0.05) is 12.1 Å². The number of amides is 2. The van der Waals surface area contributed by atoms with Crippen LogP contribution in [-0.4, -0.2) is 45.4 Å². The Morgan fingerprint density at radius 2 is 1.73 bits per heavy atom. The van der Waals surface area contributed by atoms with Gasteiger partial charge in [0.15, 0.2) is 11.0 Å². The highest BCUT2D eigenvalue weighted by Gasteiger charge is 2.17. The zero-order valence-corrected chi connectivity index (χ0v) is 19.4. The monoisotopic (exact) mass is 467 g/mol. The maximum Gasteiger partial charge on any atom is 0.339 e. The summed E-state index contributed by atoms with van der Waals surface area (Å²) in [5.41, 5.74) is 2.16. The fourth-order valence-electron chi connectivity index (χ4n) is 3.15. The largest absolute Gasteiger partial charge is 0.465 e. The summed E-state index contributed by atoms with van der Waals surface area (Å²) in [6, 6.07) is 14.0. The van der Waals surface area contributed by atoms with E-state index in [0.29, 0.717) is 28.8 Å². The molecule has 0 aliphatic rings. The van der Waals surface area contributed by atoms with Gasteiger partial charge in [0.1, 0.15) is 0 Å². The van der Waals surface area contributed by atoms with E-state index in [9.17, 15) is 14.4 Å². The van der Waals surface area contributed by atoms with Crippen molar-refractivity contribution >= 4 is 35.2 Å². The topological polar surface area (TPSA) is 115 Å². The van der Waals surface area contributed by atoms with Gasteiger partial charge in [-0.1, -0.05) is 42.1 Å². The second-order valence-corrected chi connectivity index (χ2v) is 7.96. The molecule has 0 fully saturated rings. The summed E-state index contributed by atoms with van der Waals surface area (Å²) in [6.07, 6.45) is 0. The van der Waals surface area contributed by atoms with E-state index >= 15 is 0 Å². The first kappa shape index (κ1) is 24.0. The summed E-state index contributed by atoms with van der Waals surface area (Å²) >= 11 is 1.22. The fraction of sp³-hybridized carbons (Fsp3) is 0.261. The minimum Gasteiger partial charge on any atom is -0.465 e. The lowest BCUT2D eigenvalue weighted by Gasteiger charge is -2.10. The Morgan fingerprint density at radius 1 is 1.03 bits per heavy atom. The molecule has 1 heterocycles. The second kappa shape index (κ2) is 11.3. The van der Waals surface area contributed by atoms with Crippen LogP contribution in [-0.2, 0) is 22.6 Å². The molecule has 0 saturated carbocycles. The van der Waals surface area contributed by atoms with Crippen molar-refractivity contribution in [1.29, 1.82) is 0 Å². The number of benzene rings is 2. The van der Waals surface area contributed by atoms with Crippen LogP contribution in [0.5, 0.6) is 0 Å². The second-order valence-electron chi connectivity index (χ2n) is 7.01. The van der Waals surface area contributed by atoms with Gasteiger partial charge >= 0.3 is 5.97 Å². The van der Waals surface area contributed by atoms with E-state index in [1.807, 2.05) is 36.6 Å². The molecule has 0 atom stereocenters.